The van der Waals surface area contributed by atoms with Crippen LogP contribution in [0.5, 0.6) is 0 Å². The van der Waals surface area contributed by atoms with Crippen molar-refractivity contribution in [2.45, 2.75) is 11.4 Å². The van der Waals surface area contributed by atoms with Gasteiger partial charge in [0.25, 0.3) is 0 Å². The van der Waals surface area contributed by atoms with Gasteiger partial charge in [-0.1, -0.05) is 63.9 Å². The first-order chi connectivity index (χ1) is 10.0. The molecule has 0 aliphatic carbocycles. The summed E-state index contributed by atoms with van der Waals surface area (Å²) in [6.07, 6.45) is 0. The van der Waals surface area contributed by atoms with Gasteiger partial charge in [-0.15, -0.1) is 0 Å². The van der Waals surface area contributed by atoms with Crippen LogP contribution in [0.1, 0.15) is 5.56 Å². The molecule has 0 atom stereocenters. The van der Waals surface area contributed by atoms with Crippen molar-refractivity contribution in [1.82, 2.24) is 4.31 Å². The van der Waals surface area contributed by atoms with E-state index in [0.29, 0.717) is 23.4 Å². The average molecular weight is 389 g/mol. The molecule has 0 aromatic heterocycles. The number of hydrogen-bond acceptors (Lipinski definition) is 2. The quantitative estimate of drug-likeness (QED) is 0.703. The second-order valence-electron chi connectivity index (χ2n) is 4.47. The average Bonchev–Trinajstić information content (AvgIpc) is 2.48. The summed E-state index contributed by atoms with van der Waals surface area (Å²) in [5.41, 5.74) is 0.948. The molecular formula is C15H15BrClNO2S. The highest BCUT2D eigenvalue weighted by molar-refractivity contribution is 9.09. The van der Waals surface area contributed by atoms with Crippen LogP contribution < -0.4 is 0 Å². The van der Waals surface area contributed by atoms with Crippen molar-refractivity contribution >= 4 is 37.6 Å². The van der Waals surface area contributed by atoms with Crippen LogP contribution >= 0.6 is 27.5 Å². The molecule has 3 nitrogen and oxygen atoms in total. The molecule has 0 aliphatic rings. The van der Waals surface area contributed by atoms with Gasteiger partial charge in [0, 0.05) is 23.4 Å². The Bertz CT molecular complexity index is 692. The summed E-state index contributed by atoms with van der Waals surface area (Å²) in [6, 6.07) is 15.9. The van der Waals surface area contributed by atoms with Gasteiger partial charge in [0.2, 0.25) is 10.0 Å². The van der Waals surface area contributed by atoms with Crippen LogP contribution in [-0.4, -0.2) is 24.6 Å². The van der Waals surface area contributed by atoms with Crippen LogP contribution in [0, 0.1) is 0 Å². The lowest BCUT2D eigenvalue weighted by Gasteiger charge is -2.21. The van der Waals surface area contributed by atoms with Crippen molar-refractivity contribution in [3.63, 3.8) is 0 Å². The van der Waals surface area contributed by atoms with E-state index in [1.807, 2.05) is 30.3 Å². The Morgan fingerprint density at radius 3 is 2.38 bits per heavy atom. The molecule has 21 heavy (non-hydrogen) atoms. The molecule has 0 saturated carbocycles. The third kappa shape index (κ3) is 4.30. The van der Waals surface area contributed by atoms with Gasteiger partial charge >= 0.3 is 0 Å². The molecule has 0 N–H and O–H groups in total. The zero-order valence-electron chi connectivity index (χ0n) is 11.2. The lowest BCUT2D eigenvalue weighted by atomic mass is 10.2. The second-order valence-corrected chi connectivity index (χ2v) is 7.64. The fourth-order valence-electron chi connectivity index (χ4n) is 1.94. The predicted octanol–water partition coefficient (Wildman–Crippen LogP) is 3.93. The molecule has 112 valence electrons. The van der Waals surface area contributed by atoms with Crippen molar-refractivity contribution < 1.29 is 8.42 Å². The Morgan fingerprint density at radius 1 is 1.05 bits per heavy atom. The van der Waals surface area contributed by atoms with E-state index in [2.05, 4.69) is 15.9 Å². The zero-order valence-corrected chi connectivity index (χ0v) is 14.4. The smallest absolute Gasteiger partial charge is 0.207 e. The third-order valence-corrected chi connectivity index (χ3v) is 5.40. The maximum atomic E-state index is 12.7. The third-order valence-electron chi connectivity index (χ3n) is 2.97. The van der Waals surface area contributed by atoms with Crippen LogP contribution in [0.4, 0.5) is 0 Å². The lowest BCUT2D eigenvalue weighted by Crippen LogP contribution is -2.32. The molecule has 0 spiro atoms. The van der Waals surface area contributed by atoms with Gasteiger partial charge in [0.05, 0.1) is 4.90 Å². The summed E-state index contributed by atoms with van der Waals surface area (Å²) in [6.45, 7) is 0.727. The van der Waals surface area contributed by atoms with Crippen molar-refractivity contribution in [3.8, 4) is 0 Å². The molecule has 2 rings (SSSR count). The summed E-state index contributed by atoms with van der Waals surface area (Å²) >= 11 is 9.21. The van der Waals surface area contributed by atoms with Crippen molar-refractivity contribution in [2.75, 3.05) is 11.9 Å². The first kappa shape index (κ1) is 16.5. The second kappa shape index (κ2) is 7.40. The summed E-state index contributed by atoms with van der Waals surface area (Å²) in [5, 5.41) is 0.981. The van der Waals surface area contributed by atoms with E-state index in [1.54, 1.807) is 18.2 Å². The van der Waals surface area contributed by atoms with E-state index in [1.165, 1.54) is 10.4 Å². The lowest BCUT2D eigenvalue weighted by molar-refractivity contribution is 0.426. The molecule has 0 unspecified atom stereocenters. The Balaban J connectivity index is 2.32. The van der Waals surface area contributed by atoms with Crippen LogP contribution in [0.25, 0.3) is 0 Å². The molecule has 0 amide bonds. The largest absolute Gasteiger partial charge is 0.243 e. The van der Waals surface area contributed by atoms with Crippen molar-refractivity contribution in [1.29, 1.82) is 0 Å². The molecular weight excluding hydrogens is 374 g/mol. The van der Waals surface area contributed by atoms with Gasteiger partial charge in [-0.3, -0.25) is 0 Å². The Hall–Kier alpha value is -0.880. The summed E-state index contributed by atoms with van der Waals surface area (Å²) in [5.74, 6) is 0. The van der Waals surface area contributed by atoms with E-state index in [0.717, 1.165) is 5.56 Å². The number of nitrogens with zero attached hydrogens (tertiary/aromatic N) is 1. The van der Waals surface area contributed by atoms with Gasteiger partial charge in [-0.05, 0) is 23.8 Å². The van der Waals surface area contributed by atoms with E-state index >= 15 is 0 Å². The molecule has 0 aliphatic heterocycles. The summed E-state index contributed by atoms with van der Waals surface area (Å²) in [4.78, 5) is 0.215. The Morgan fingerprint density at radius 2 is 1.76 bits per heavy atom. The number of halogens is 2. The zero-order chi connectivity index (χ0) is 15.3. The van der Waals surface area contributed by atoms with E-state index in [9.17, 15) is 8.42 Å². The van der Waals surface area contributed by atoms with Gasteiger partial charge in [0.1, 0.15) is 0 Å². The monoisotopic (exact) mass is 387 g/mol. The standard InChI is InChI=1S/C15H15BrClNO2S/c16-9-10-18(12-13-5-2-1-3-6-13)21(19,20)15-8-4-7-14(17)11-15/h1-8,11H,9-10,12H2. The maximum Gasteiger partial charge on any atom is 0.243 e. The molecule has 0 bridgehead atoms. The SMILES string of the molecule is O=S(=O)(c1cccc(Cl)c1)N(CCBr)Cc1ccccc1. The van der Waals surface area contributed by atoms with Gasteiger partial charge in [-0.2, -0.15) is 4.31 Å². The first-order valence-electron chi connectivity index (χ1n) is 6.39. The minimum absolute atomic E-state index is 0.215. The highest BCUT2D eigenvalue weighted by Crippen LogP contribution is 2.21. The van der Waals surface area contributed by atoms with Gasteiger partial charge < -0.3 is 0 Å². The Kier molecular flexibility index (Phi) is 5.81. The van der Waals surface area contributed by atoms with Crippen LogP contribution in [0.3, 0.4) is 0 Å². The van der Waals surface area contributed by atoms with E-state index < -0.39 is 10.0 Å². The minimum atomic E-state index is -3.57. The highest BCUT2D eigenvalue weighted by Gasteiger charge is 2.24. The van der Waals surface area contributed by atoms with Crippen LogP contribution in [-0.2, 0) is 16.6 Å². The minimum Gasteiger partial charge on any atom is -0.207 e. The van der Waals surface area contributed by atoms with Crippen molar-refractivity contribution in [3.05, 3.63) is 65.2 Å². The number of benzene rings is 2. The fraction of sp³-hybridized carbons (Fsp3) is 0.200. The first-order valence-corrected chi connectivity index (χ1v) is 9.33. The molecule has 0 heterocycles. The normalized spacial score (nSPS) is 11.8. The van der Waals surface area contributed by atoms with E-state index in [4.69, 9.17) is 11.6 Å². The maximum absolute atomic E-state index is 12.7. The molecule has 2 aromatic rings. The Labute approximate surface area is 138 Å². The summed E-state index contributed by atoms with van der Waals surface area (Å²) < 4.78 is 26.9. The molecule has 0 saturated heterocycles. The number of sulfonamides is 1. The van der Waals surface area contributed by atoms with Gasteiger partial charge in [0.15, 0.2) is 0 Å². The molecule has 0 fully saturated rings. The number of rotatable bonds is 6. The number of hydrogen-bond donors (Lipinski definition) is 0. The van der Waals surface area contributed by atoms with Crippen LogP contribution in [0.15, 0.2) is 59.5 Å². The predicted molar refractivity (Wildman–Crippen MR) is 89.3 cm³/mol. The summed E-state index contributed by atoms with van der Waals surface area (Å²) in [7, 11) is -3.57. The molecule has 0 radical (unpaired) electrons. The van der Waals surface area contributed by atoms with Crippen molar-refractivity contribution in [2.24, 2.45) is 0 Å². The molecule has 2 aromatic carbocycles. The number of alkyl halides is 1. The van der Waals surface area contributed by atoms with E-state index in [-0.39, 0.29) is 4.90 Å². The molecule has 6 heteroatoms. The highest BCUT2D eigenvalue weighted by atomic mass is 79.9. The van der Waals surface area contributed by atoms with Gasteiger partial charge in [-0.25, -0.2) is 8.42 Å². The fourth-order valence-corrected chi connectivity index (χ4v) is 4.34. The topological polar surface area (TPSA) is 37.4 Å². The van der Waals surface area contributed by atoms with Crippen LogP contribution in [0.2, 0.25) is 5.02 Å².